The zero-order valence-corrected chi connectivity index (χ0v) is 16.5. The standard InChI is InChI=1S/C21H24N2O5/c1-12-18(21(26)28-4)13(2)22-19(12)17(24)11-23-10-15-8-6-5-7-14(15)9-16(23)20(25)27-3/h5-8,16,22H,9-11H2,1-4H3/p+1/t16-/m1/s1. The molecule has 1 aliphatic rings. The number of fused-ring (bicyclic) bond motifs is 1. The van der Waals surface area contributed by atoms with Crippen LogP contribution in [0.5, 0.6) is 0 Å². The van der Waals surface area contributed by atoms with E-state index in [2.05, 4.69) is 4.98 Å². The Morgan fingerprint density at radius 2 is 1.79 bits per heavy atom. The monoisotopic (exact) mass is 385 g/mol. The summed E-state index contributed by atoms with van der Waals surface area (Å²) in [7, 11) is 2.68. The van der Waals surface area contributed by atoms with Gasteiger partial charge in [-0.2, -0.15) is 0 Å². The maximum atomic E-state index is 13.0. The second kappa shape index (κ2) is 7.98. The summed E-state index contributed by atoms with van der Waals surface area (Å²) in [4.78, 5) is 41.2. The molecule has 0 bridgehead atoms. The minimum absolute atomic E-state index is 0.121. The Kier molecular flexibility index (Phi) is 5.65. The first kappa shape index (κ1) is 19.8. The number of H-pyrrole nitrogens is 1. The first-order chi connectivity index (χ1) is 13.4. The molecule has 28 heavy (non-hydrogen) atoms. The summed E-state index contributed by atoms with van der Waals surface area (Å²) >= 11 is 0. The van der Waals surface area contributed by atoms with Crippen molar-refractivity contribution >= 4 is 17.7 Å². The molecule has 2 atom stereocenters. The molecule has 0 saturated heterocycles. The Labute approximate surface area is 163 Å². The molecule has 0 aliphatic carbocycles. The van der Waals surface area contributed by atoms with Crippen molar-refractivity contribution in [2.75, 3.05) is 20.8 Å². The van der Waals surface area contributed by atoms with Crippen LogP contribution in [0, 0.1) is 13.8 Å². The quantitative estimate of drug-likeness (QED) is 0.587. The van der Waals surface area contributed by atoms with Gasteiger partial charge in [-0.05, 0) is 25.0 Å². The highest BCUT2D eigenvalue weighted by Crippen LogP contribution is 2.19. The van der Waals surface area contributed by atoms with Crippen LogP contribution >= 0.6 is 0 Å². The van der Waals surface area contributed by atoms with Crippen LogP contribution in [0.4, 0.5) is 0 Å². The van der Waals surface area contributed by atoms with Gasteiger partial charge in [0.25, 0.3) is 0 Å². The molecule has 1 unspecified atom stereocenters. The SMILES string of the molecule is COC(=O)c1c(C)[nH]c(C(=O)C[NH+]2Cc3ccccc3C[C@@H]2C(=O)OC)c1C. The summed E-state index contributed by atoms with van der Waals surface area (Å²) in [5, 5.41) is 0. The number of quaternary nitrogens is 1. The number of benzene rings is 1. The van der Waals surface area contributed by atoms with Crippen LogP contribution in [-0.2, 0) is 27.2 Å². The number of ether oxygens (including phenoxy) is 2. The molecule has 0 radical (unpaired) electrons. The number of Topliss-reactive ketones (excluding diaryl/α,β-unsaturated/α-hetero) is 1. The van der Waals surface area contributed by atoms with E-state index in [4.69, 9.17) is 9.47 Å². The number of hydrogen-bond acceptors (Lipinski definition) is 5. The van der Waals surface area contributed by atoms with E-state index in [0.717, 1.165) is 16.0 Å². The minimum Gasteiger partial charge on any atom is -0.465 e. The molecule has 0 saturated carbocycles. The van der Waals surface area contributed by atoms with Crippen LogP contribution in [0.25, 0.3) is 0 Å². The van der Waals surface area contributed by atoms with Crippen molar-refractivity contribution < 1.29 is 28.8 Å². The predicted molar refractivity (Wildman–Crippen MR) is 101 cm³/mol. The average Bonchev–Trinajstić information content (AvgIpc) is 3.00. The molecule has 2 N–H and O–H groups in total. The van der Waals surface area contributed by atoms with Crippen molar-refractivity contribution in [2.45, 2.75) is 32.9 Å². The molecule has 1 aromatic carbocycles. The molecule has 0 fully saturated rings. The summed E-state index contributed by atoms with van der Waals surface area (Å²) in [6.07, 6.45) is 0.529. The van der Waals surface area contributed by atoms with E-state index in [1.54, 1.807) is 13.8 Å². The van der Waals surface area contributed by atoms with Crippen molar-refractivity contribution in [3.8, 4) is 0 Å². The third-order valence-corrected chi connectivity index (χ3v) is 5.43. The smallest absolute Gasteiger partial charge is 0.365 e. The number of aryl methyl sites for hydroxylation is 1. The van der Waals surface area contributed by atoms with E-state index in [1.807, 2.05) is 24.3 Å². The van der Waals surface area contributed by atoms with Crippen molar-refractivity contribution in [3.05, 3.63) is 57.9 Å². The highest BCUT2D eigenvalue weighted by molar-refractivity contribution is 6.02. The van der Waals surface area contributed by atoms with Gasteiger partial charge in [-0.15, -0.1) is 0 Å². The van der Waals surface area contributed by atoms with E-state index >= 15 is 0 Å². The molecule has 0 amide bonds. The molecule has 2 aromatic rings. The number of nitrogens with one attached hydrogen (secondary N) is 2. The summed E-state index contributed by atoms with van der Waals surface area (Å²) in [5.74, 6) is -0.956. The number of methoxy groups -OCH3 is 2. The van der Waals surface area contributed by atoms with Gasteiger partial charge < -0.3 is 19.4 Å². The van der Waals surface area contributed by atoms with E-state index in [0.29, 0.717) is 35.5 Å². The predicted octanol–water partition coefficient (Wildman–Crippen LogP) is 0.784. The van der Waals surface area contributed by atoms with Gasteiger partial charge in [-0.3, -0.25) is 4.79 Å². The molecular formula is C21H25N2O5+. The fourth-order valence-electron chi connectivity index (χ4n) is 3.97. The first-order valence-corrected chi connectivity index (χ1v) is 9.17. The largest absolute Gasteiger partial charge is 0.465 e. The molecule has 3 rings (SSSR count). The van der Waals surface area contributed by atoms with Gasteiger partial charge in [0.2, 0.25) is 5.78 Å². The number of aromatic amines is 1. The van der Waals surface area contributed by atoms with Crippen LogP contribution in [0.1, 0.15) is 43.2 Å². The average molecular weight is 385 g/mol. The molecule has 7 heteroatoms. The Morgan fingerprint density at radius 1 is 1.11 bits per heavy atom. The van der Waals surface area contributed by atoms with Gasteiger partial charge in [0, 0.05) is 17.7 Å². The third-order valence-electron chi connectivity index (χ3n) is 5.43. The molecule has 2 heterocycles. The van der Waals surface area contributed by atoms with Crippen molar-refractivity contribution in [1.82, 2.24) is 4.98 Å². The third kappa shape index (κ3) is 3.57. The second-order valence-corrected chi connectivity index (χ2v) is 7.10. The van der Waals surface area contributed by atoms with Crippen molar-refractivity contribution in [2.24, 2.45) is 0 Å². The number of carbonyl (C=O) groups excluding carboxylic acids is 3. The van der Waals surface area contributed by atoms with E-state index < -0.39 is 12.0 Å². The number of aromatic nitrogens is 1. The first-order valence-electron chi connectivity index (χ1n) is 9.17. The fraction of sp³-hybridized carbons (Fsp3) is 0.381. The molecule has 1 aromatic heterocycles. The summed E-state index contributed by atoms with van der Waals surface area (Å²) in [6, 6.07) is 7.48. The van der Waals surface area contributed by atoms with Gasteiger partial charge in [0.15, 0.2) is 6.04 Å². The van der Waals surface area contributed by atoms with Crippen LogP contribution in [0.3, 0.4) is 0 Å². The Balaban J connectivity index is 1.88. The number of rotatable bonds is 5. The van der Waals surface area contributed by atoms with Crippen LogP contribution in [0.2, 0.25) is 0 Å². The highest BCUT2D eigenvalue weighted by Gasteiger charge is 2.38. The molecular weight excluding hydrogens is 360 g/mol. The summed E-state index contributed by atoms with van der Waals surface area (Å²) in [5.41, 5.74) is 4.16. The highest BCUT2D eigenvalue weighted by atomic mass is 16.5. The molecule has 7 nitrogen and oxygen atoms in total. The van der Waals surface area contributed by atoms with Crippen molar-refractivity contribution in [1.29, 1.82) is 0 Å². The van der Waals surface area contributed by atoms with E-state index in [-0.39, 0.29) is 18.3 Å². The van der Waals surface area contributed by atoms with Crippen LogP contribution < -0.4 is 4.90 Å². The summed E-state index contributed by atoms with van der Waals surface area (Å²) in [6.45, 7) is 4.14. The minimum atomic E-state index is -0.475. The summed E-state index contributed by atoms with van der Waals surface area (Å²) < 4.78 is 9.78. The van der Waals surface area contributed by atoms with Crippen LogP contribution in [-0.4, -0.2) is 49.5 Å². The lowest BCUT2D eigenvalue weighted by Gasteiger charge is -2.31. The second-order valence-electron chi connectivity index (χ2n) is 7.10. The maximum absolute atomic E-state index is 13.0. The fourth-order valence-corrected chi connectivity index (χ4v) is 3.97. The van der Waals surface area contributed by atoms with E-state index in [1.165, 1.54) is 14.2 Å². The lowest BCUT2D eigenvalue weighted by Crippen LogP contribution is -3.17. The van der Waals surface area contributed by atoms with Gasteiger partial charge in [-0.25, -0.2) is 9.59 Å². The zero-order valence-electron chi connectivity index (χ0n) is 16.5. The maximum Gasteiger partial charge on any atom is 0.365 e. The normalized spacial score (nSPS) is 18.3. The molecule has 1 aliphatic heterocycles. The number of esters is 2. The van der Waals surface area contributed by atoms with Gasteiger partial charge >= 0.3 is 11.9 Å². The Morgan fingerprint density at radius 3 is 2.43 bits per heavy atom. The lowest BCUT2D eigenvalue weighted by atomic mass is 9.93. The van der Waals surface area contributed by atoms with Crippen molar-refractivity contribution in [3.63, 3.8) is 0 Å². The molecule has 0 spiro atoms. The van der Waals surface area contributed by atoms with Gasteiger partial charge in [0.05, 0.1) is 25.5 Å². The zero-order chi connectivity index (χ0) is 20.4. The van der Waals surface area contributed by atoms with Gasteiger partial charge in [-0.1, -0.05) is 24.3 Å². The Bertz CT molecular complexity index is 931. The Hall–Kier alpha value is -2.93. The number of ketones is 1. The molecule has 148 valence electrons. The number of hydrogen-bond donors (Lipinski definition) is 2. The number of carbonyl (C=O) groups is 3. The van der Waals surface area contributed by atoms with E-state index in [9.17, 15) is 14.4 Å². The van der Waals surface area contributed by atoms with Crippen LogP contribution in [0.15, 0.2) is 24.3 Å². The lowest BCUT2D eigenvalue weighted by molar-refractivity contribution is -0.924. The topological polar surface area (TPSA) is 89.9 Å². The van der Waals surface area contributed by atoms with Gasteiger partial charge in [0.1, 0.15) is 13.1 Å².